The Bertz CT molecular complexity index is 2010. The van der Waals surface area contributed by atoms with Gasteiger partial charge in [0.1, 0.15) is 0 Å². The van der Waals surface area contributed by atoms with E-state index < -0.39 is 16.5 Å². The van der Waals surface area contributed by atoms with E-state index in [1.807, 2.05) is 74.6 Å². The maximum Gasteiger partial charge on any atom is 0.321 e. The number of benzene rings is 3. The third kappa shape index (κ3) is 3.67. The summed E-state index contributed by atoms with van der Waals surface area (Å²) in [6.45, 7) is 3.66. The fourth-order valence-corrected chi connectivity index (χ4v) is 4.64. The summed E-state index contributed by atoms with van der Waals surface area (Å²) in [6.07, 6.45) is 3.39. The van der Waals surface area contributed by atoms with E-state index in [1.165, 1.54) is 4.57 Å². The Labute approximate surface area is 211 Å². The minimum Gasteiger partial charge on any atom is -0.315 e. The number of pyridine rings is 2. The molecule has 6 rings (SSSR count). The summed E-state index contributed by atoms with van der Waals surface area (Å²) in [6, 6.07) is 25.3. The summed E-state index contributed by atoms with van der Waals surface area (Å²) >= 11 is 0. The molecule has 1 N–H and O–H groups in total. The van der Waals surface area contributed by atoms with Gasteiger partial charge >= 0.3 is 11.1 Å². The lowest BCUT2D eigenvalue weighted by Gasteiger charge is -2.17. The van der Waals surface area contributed by atoms with Crippen molar-refractivity contribution in [1.29, 1.82) is 5.26 Å². The van der Waals surface area contributed by atoms with Crippen molar-refractivity contribution in [3.8, 4) is 22.9 Å². The molecule has 0 atom stereocenters. The summed E-state index contributed by atoms with van der Waals surface area (Å²) in [5.74, 6) is 0. The van der Waals surface area contributed by atoms with Gasteiger partial charge in [-0.2, -0.15) is 5.26 Å². The average molecular weight is 484 g/mol. The van der Waals surface area contributed by atoms with E-state index in [1.54, 1.807) is 18.3 Å². The number of fused-ring (bicyclic) bond motifs is 4. The smallest absolute Gasteiger partial charge is 0.315 e. The first-order chi connectivity index (χ1) is 17.9. The lowest BCUT2D eigenvalue weighted by molar-refractivity contribution is 0.686. The molecule has 0 bridgehead atoms. The van der Waals surface area contributed by atoms with E-state index in [2.05, 4.69) is 27.1 Å². The van der Waals surface area contributed by atoms with Crippen molar-refractivity contribution in [1.82, 2.24) is 19.5 Å². The van der Waals surface area contributed by atoms with Crippen LogP contribution in [0.5, 0.6) is 0 Å². The molecule has 0 spiro atoms. The molecule has 3 aromatic heterocycles. The zero-order valence-corrected chi connectivity index (χ0v) is 20.2. The van der Waals surface area contributed by atoms with Crippen LogP contribution < -0.4 is 11.1 Å². The summed E-state index contributed by atoms with van der Waals surface area (Å²) in [5.41, 5.74) is 3.69. The van der Waals surface area contributed by atoms with Gasteiger partial charge in [-0.05, 0) is 61.4 Å². The van der Waals surface area contributed by atoms with Crippen molar-refractivity contribution in [3.05, 3.63) is 111 Å². The zero-order chi connectivity index (χ0) is 25.7. The number of nitriles is 1. The monoisotopic (exact) mass is 483 g/mol. The van der Waals surface area contributed by atoms with Gasteiger partial charge in [0.15, 0.2) is 0 Å². The molecule has 0 aliphatic carbocycles. The standard InChI is InChI=1S/C30H21N5O2/c1-30(2,17-31)21-8-10-22(11-9-21)35-27-23-14-18(20-13-19-5-3-4-6-24(19)32-15-20)7-12-25(23)33-16-26(27)34-28(36)29(35)37/h3-16H,1-2H3,(H,34,36). The van der Waals surface area contributed by atoms with Gasteiger partial charge in [-0.25, -0.2) is 0 Å². The van der Waals surface area contributed by atoms with Crippen LogP contribution in [-0.4, -0.2) is 19.5 Å². The molecule has 3 aromatic carbocycles. The van der Waals surface area contributed by atoms with E-state index in [9.17, 15) is 14.9 Å². The zero-order valence-electron chi connectivity index (χ0n) is 20.2. The molecule has 0 saturated carbocycles. The Morgan fingerprint density at radius 1 is 0.865 bits per heavy atom. The first-order valence-electron chi connectivity index (χ1n) is 11.8. The lowest BCUT2D eigenvalue weighted by Crippen LogP contribution is -2.35. The summed E-state index contributed by atoms with van der Waals surface area (Å²) in [7, 11) is 0. The molecule has 37 heavy (non-hydrogen) atoms. The predicted octanol–water partition coefficient (Wildman–Crippen LogP) is 5.24. The first-order valence-corrected chi connectivity index (χ1v) is 11.8. The second kappa shape index (κ2) is 8.25. The van der Waals surface area contributed by atoms with Crippen LogP contribution in [0, 0.1) is 11.3 Å². The van der Waals surface area contributed by atoms with Crippen molar-refractivity contribution >= 4 is 32.8 Å². The van der Waals surface area contributed by atoms with E-state index in [0.29, 0.717) is 22.2 Å². The normalized spacial score (nSPS) is 11.7. The Morgan fingerprint density at radius 3 is 2.41 bits per heavy atom. The molecule has 0 aliphatic heterocycles. The Morgan fingerprint density at radius 2 is 1.62 bits per heavy atom. The Kier molecular flexibility index (Phi) is 4.99. The van der Waals surface area contributed by atoms with E-state index in [0.717, 1.165) is 33.0 Å². The van der Waals surface area contributed by atoms with Gasteiger partial charge in [-0.15, -0.1) is 0 Å². The van der Waals surface area contributed by atoms with Crippen LogP contribution in [0.25, 0.3) is 49.7 Å². The van der Waals surface area contributed by atoms with Gasteiger partial charge in [-0.3, -0.25) is 24.1 Å². The molecule has 7 heteroatoms. The van der Waals surface area contributed by atoms with Crippen LogP contribution >= 0.6 is 0 Å². The number of para-hydroxylation sites is 1. The van der Waals surface area contributed by atoms with E-state index in [-0.39, 0.29) is 0 Å². The minimum atomic E-state index is -0.732. The number of aromatic nitrogens is 4. The molecule has 3 heterocycles. The fourth-order valence-electron chi connectivity index (χ4n) is 4.64. The molecule has 0 aliphatic rings. The van der Waals surface area contributed by atoms with Crippen LogP contribution in [0.15, 0.2) is 94.8 Å². The number of nitrogens with zero attached hydrogens (tertiary/aromatic N) is 4. The lowest BCUT2D eigenvalue weighted by atomic mass is 9.86. The molecule has 0 saturated heterocycles. The number of aromatic amines is 1. The van der Waals surface area contributed by atoms with Gasteiger partial charge in [0, 0.05) is 28.2 Å². The number of nitrogens with one attached hydrogen (secondary N) is 1. The molecule has 6 aromatic rings. The molecule has 0 fully saturated rings. The van der Waals surface area contributed by atoms with E-state index in [4.69, 9.17) is 0 Å². The Hall–Kier alpha value is -5.09. The average Bonchev–Trinajstić information content (AvgIpc) is 2.93. The number of hydrogen-bond acceptors (Lipinski definition) is 5. The fraction of sp³-hybridized carbons (Fsp3) is 0.100. The minimum absolute atomic E-state index is 0.451. The molecule has 0 unspecified atom stereocenters. The van der Waals surface area contributed by atoms with Gasteiger partial charge < -0.3 is 4.98 Å². The number of H-pyrrole nitrogens is 1. The second-order valence-corrected chi connectivity index (χ2v) is 9.55. The van der Waals surface area contributed by atoms with Crippen molar-refractivity contribution in [2.75, 3.05) is 0 Å². The van der Waals surface area contributed by atoms with Gasteiger partial charge in [0.05, 0.1) is 39.7 Å². The second-order valence-electron chi connectivity index (χ2n) is 9.55. The topological polar surface area (TPSA) is 104 Å². The van der Waals surface area contributed by atoms with Crippen molar-refractivity contribution in [2.24, 2.45) is 0 Å². The molecule has 0 radical (unpaired) electrons. The van der Waals surface area contributed by atoms with Gasteiger partial charge in [0.2, 0.25) is 0 Å². The Balaban J connectivity index is 1.62. The van der Waals surface area contributed by atoms with E-state index >= 15 is 0 Å². The van der Waals surface area contributed by atoms with Crippen molar-refractivity contribution in [3.63, 3.8) is 0 Å². The molecular weight excluding hydrogens is 462 g/mol. The van der Waals surface area contributed by atoms with Crippen molar-refractivity contribution < 1.29 is 0 Å². The van der Waals surface area contributed by atoms with Gasteiger partial charge in [0.25, 0.3) is 0 Å². The molecular formula is C30H21N5O2. The molecule has 7 nitrogen and oxygen atoms in total. The summed E-state index contributed by atoms with van der Waals surface area (Å²) in [4.78, 5) is 37.6. The summed E-state index contributed by atoms with van der Waals surface area (Å²) < 4.78 is 1.42. The van der Waals surface area contributed by atoms with Gasteiger partial charge in [-0.1, -0.05) is 36.4 Å². The van der Waals surface area contributed by atoms with Crippen molar-refractivity contribution in [2.45, 2.75) is 19.3 Å². The van der Waals surface area contributed by atoms with Crippen LogP contribution in [0.3, 0.4) is 0 Å². The number of hydrogen-bond donors (Lipinski definition) is 1. The quantitative estimate of drug-likeness (QED) is 0.274. The van der Waals surface area contributed by atoms with Crippen LogP contribution in [-0.2, 0) is 5.41 Å². The molecule has 0 amide bonds. The maximum atomic E-state index is 13.2. The largest absolute Gasteiger partial charge is 0.321 e. The third-order valence-electron chi connectivity index (χ3n) is 6.76. The highest BCUT2D eigenvalue weighted by molar-refractivity contribution is 6.04. The van der Waals surface area contributed by atoms with Crippen LogP contribution in [0.4, 0.5) is 0 Å². The SMILES string of the molecule is CC(C)(C#N)c1ccc(-n2c(=O)c(=O)[nH]c3cnc4ccc(-c5cnc6ccccc6c5)cc4c32)cc1. The number of rotatable bonds is 3. The van der Waals surface area contributed by atoms with Crippen LogP contribution in [0.2, 0.25) is 0 Å². The highest BCUT2D eigenvalue weighted by atomic mass is 16.2. The molecule has 178 valence electrons. The highest BCUT2D eigenvalue weighted by Crippen LogP contribution is 2.30. The van der Waals surface area contributed by atoms with Crippen LogP contribution in [0.1, 0.15) is 19.4 Å². The predicted molar refractivity (Wildman–Crippen MR) is 145 cm³/mol. The first kappa shape index (κ1) is 22.4. The third-order valence-corrected chi connectivity index (χ3v) is 6.76. The summed E-state index contributed by atoms with van der Waals surface area (Å²) in [5, 5.41) is 11.2. The maximum absolute atomic E-state index is 13.2. The highest BCUT2D eigenvalue weighted by Gasteiger charge is 2.20.